The molecule has 1 rings (SSSR count). The van der Waals surface area contributed by atoms with Crippen LogP contribution in [0.2, 0.25) is 0 Å². The van der Waals surface area contributed by atoms with Crippen LogP contribution in [0.5, 0.6) is 0 Å². The summed E-state index contributed by atoms with van der Waals surface area (Å²) < 4.78 is 4.75. The zero-order chi connectivity index (χ0) is 8.10. The summed E-state index contributed by atoms with van der Waals surface area (Å²) in [6.07, 6.45) is 1.05. The largest absolute Gasteiger partial charge is 0.448 e. The quantitative estimate of drug-likeness (QED) is 0.551. The Kier molecular flexibility index (Phi) is 2.73. The SMILES string of the molecule is N#CCCOC(=O)N1CCC1. The maximum Gasteiger partial charge on any atom is 0.409 e. The van der Waals surface area contributed by atoms with Crippen molar-refractivity contribution in [3.05, 3.63) is 0 Å². The average molecular weight is 154 g/mol. The van der Waals surface area contributed by atoms with E-state index in [1.807, 2.05) is 6.07 Å². The molecule has 1 aliphatic heterocycles. The van der Waals surface area contributed by atoms with Crippen LogP contribution in [0, 0.1) is 11.3 Å². The standard InChI is InChI=1S/C7H10N2O2/c8-3-1-6-11-7(10)9-4-2-5-9/h1-2,4-6H2. The van der Waals surface area contributed by atoms with E-state index in [-0.39, 0.29) is 19.1 Å². The smallest absolute Gasteiger partial charge is 0.409 e. The molecule has 0 unspecified atom stereocenters. The molecule has 4 heteroatoms. The van der Waals surface area contributed by atoms with Crippen molar-refractivity contribution in [3.63, 3.8) is 0 Å². The van der Waals surface area contributed by atoms with Gasteiger partial charge in [0.15, 0.2) is 0 Å². The van der Waals surface area contributed by atoms with Crippen LogP contribution in [0.25, 0.3) is 0 Å². The van der Waals surface area contributed by atoms with Gasteiger partial charge in [0.25, 0.3) is 0 Å². The summed E-state index contributed by atoms with van der Waals surface area (Å²) in [6.45, 7) is 1.81. The van der Waals surface area contributed by atoms with E-state index in [0.29, 0.717) is 0 Å². The fraction of sp³-hybridized carbons (Fsp3) is 0.714. The molecule has 0 bridgehead atoms. The van der Waals surface area contributed by atoms with Crippen molar-refractivity contribution in [2.75, 3.05) is 19.7 Å². The van der Waals surface area contributed by atoms with Crippen LogP contribution in [0.3, 0.4) is 0 Å². The van der Waals surface area contributed by atoms with E-state index in [1.54, 1.807) is 4.90 Å². The molecule has 0 aromatic carbocycles. The Morgan fingerprint density at radius 3 is 2.82 bits per heavy atom. The third-order valence-corrected chi connectivity index (χ3v) is 1.55. The Labute approximate surface area is 65.4 Å². The fourth-order valence-corrected chi connectivity index (χ4v) is 0.774. The van der Waals surface area contributed by atoms with Crippen molar-refractivity contribution in [2.24, 2.45) is 0 Å². The first-order valence-corrected chi connectivity index (χ1v) is 3.63. The number of carbonyl (C=O) groups is 1. The van der Waals surface area contributed by atoms with E-state index in [4.69, 9.17) is 10.00 Å². The third-order valence-electron chi connectivity index (χ3n) is 1.55. The molecule has 1 amide bonds. The van der Waals surface area contributed by atoms with E-state index < -0.39 is 0 Å². The predicted molar refractivity (Wildman–Crippen MR) is 37.8 cm³/mol. The number of amides is 1. The molecule has 0 N–H and O–H groups in total. The zero-order valence-corrected chi connectivity index (χ0v) is 6.25. The van der Waals surface area contributed by atoms with Gasteiger partial charge in [0.2, 0.25) is 0 Å². The number of nitrogens with zero attached hydrogens (tertiary/aromatic N) is 2. The molecular weight excluding hydrogens is 144 g/mol. The highest BCUT2D eigenvalue weighted by Gasteiger charge is 2.20. The summed E-state index contributed by atoms with van der Waals surface area (Å²) >= 11 is 0. The molecule has 0 spiro atoms. The molecular formula is C7H10N2O2. The van der Waals surface area contributed by atoms with E-state index in [0.717, 1.165) is 19.5 Å². The first-order valence-electron chi connectivity index (χ1n) is 3.63. The number of carbonyl (C=O) groups excluding carboxylic acids is 1. The van der Waals surface area contributed by atoms with Crippen molar-refractivity contribution in [1.82, 2.24) is 4.90 Å². The molecule has 1 fully saturated rings. The minimum absolute atomic E-state index is 0.214. The fourth-order valence-electron chi connectivity index (χ4n) is 0.774. The molecule has 1 saturated heterocycles. The normalized spacial score (nSPS) is 15.0. The summed E-state index contributed by atoms with van der Waals surface area (Å²) in [6, 6.07) is 1.90. The van der Waals surface area contributed by atoms with Gasteiger partial charge in [-0.2, -0.15) is 5.26 Å². The van der Waals surface area contributed by atoms with Crippen LogP contribution in [0.4, 0.5) is 4.79 Å². The predicted octanol–water partition coefficient (Wildman–Crippen LogP) is 0.742. The topological polar surface area (TPSA) is 53.3 Å². The minimum Gasteiger partial charge on any atom is -0.448 e. The highest BCUT2D eigenvalue weighted by atomic mass is 16.6. The van der Waals surface area contributed by atoms with Gasteiger partial charge in [0, 0.05) is 13.1 Å². The van der Waals surface area contributed by atoms with Gasteiger partial charge in [-0.1, -0.05) is 0 Å². The van der Waals surface area contributed by atoms with Gasteiger partial charge in [0.05, 0.1) is 12.5 Å². The van der Waals surface area contributed by atoms with Crippen LogP contribution in [-0.4, -0.2) is 30.7 Å². The number of rotatable bonds is 2. The van der Waals surface area contributed by atoms with Crippen LogP contribution < -0.4 is 0 Å². The Morgan fingerprint density at radius 2 is 2.36 bits per heavy atom. The Hall–Kier alpha value is -1.24. The van der Waals surface area contributed by atoms with E-state index >= 15 is 0 Å². The van der Waals surface area contributed by atoms with Crippen molar-refractivity contribution in [1.29, 1.82) is 5.26 Å². The molecule has 4 nitrogen and oxygen atoms in total. The molecule has 1 heterocycles. The Bertz CT molecular complexity index is 181. The van der Waals surface area contributed by atoms with Crippen LogP contribution in [-0.2, 0) is 4.74 Å². The van der Waals surface area contributed by atoms with Gasteiger partial charge >= 0.3 is 6.09 Å². The lowest BCUT2D eigenvalue weighted by molar-refractivity contribution is 0.0825. The Morgan fingerprint density at radius 1 is 1.64 bits per heavy atom. The lowest BCUT2D eigenvalue weighted by Crippen LogP contribution is -2.42. The second kappa shape index (κ2) is 3.81. The maximum atomic E-state index is 10.9. The summed E-state index contributed by atoms with van der Waals surface area (Å²) in [5.74, 6) is 0. The van der Waals surface area contributed by atoms with Crippen molar-refractivity contribution < 1.29 is 9.53 Å². The summed E-state index contributed by atoms with van der Waals surface area (Å²) in [4.78, 5) is 12.5. The van der Waals surface area contributed by atoms with Crippen molar-refractivity contribution >= 4 is 6.09 Å². The first kappa shape index (κ1) is 7.86. The second-order valence-corrected chi connectivity index (χ2v) is 2.36. The minimum atomic E-state index is -0.286. The maximum absolute atomic E-state index is 10.9. The molecule has 11 heavy (non-hydrogen) atoms. The van der Waals surface area contributed by atoms with Crippen LogP contribution in [0.1, 0.15) is 12.8 Å². The summed E-state index contributed by atoms with van der Waals surface area (Å²) in [5.41, 5.74) is 0. The first-order chi connectivity index (χ1) is 5.34. The van der Waals surface area contributed by atoms with Crippen LogP contribution >= 0.6 is 0 Å². The number of likely N-dealkylation sites (tertiary alicyclic amines) is 1. The zero-order valence-electron chi connectivity index (χ0n) is 6.25. The summed E-state index contributed by atoms with van der Waals surface area (Å²) in [5, 5.41) is 8.13. The van der Waals surface area contributed by atoms with Gasteiger partial charge in [-0.05, 0) is 6.42 Å². The van der Waals surface area contributed by atoms with E-state index in [9.17, 15) is 4.79 Å². The molecule has 1 aliphatic rings. The Balaban J connectivity index is 2.06. The van der Waals surface area contributed by atoms with E-state index in [1.165, 1.54) is 0 Å². The molecule has 0 aliphatic carbocycles. The number of ether oxygens (including phenoxy) is 1. The number of nitriles is 1. The highest BCUT2D eigenvalue weighted by Crippen LogP contribution is 2.07. The van der Waals surface area contributed by atoms with Gasteiger partial charge in [0.1, 0.15) is 6.61 Å². The lowest BCUT2D eigenvalue weighted by Gasteiger charge is -2.29. The van der Waals surface area contributed by atoms with Gasteiger partial charge in [-0.3, -0.25) is 0 Å². The van der Waals surface area contributed by atoms with E-state index in [2.05, 4.69) is 0 Å². The van der Waals surface area contributed by atoms with Gasteiger partial charge < -0.3 is 9.64 Å². The molecule has 0 aromatic rings. The highest BCUT2D eigenvalue weighted by molar-refractivity contribution is 5.68. The molecule has 0 atom stereocenters. The number of hydrogen-bond donors (Lipinski definition) is 0. The van der Waals surface area contributed by atoms with Gasteiger partial charge in [-0.15, -0.1) is 0 Å². The molecule has 0 radical (unpaired) electrons. The molecule has 60 valence electrons. The number of hydrogen-bond acceptors (Lipinski definition) is 3. The average Bonchev–Trinajstić information content (AvgIpc) is 1.84. The molecule has 0 saturated carbocycles. The van der Waals surface area contributed by atoms with Crippen molar-refractivity contribution in [2.45, 2.75) is 12.8 Å². The van der Waals surface area contributed by atoms with Crippen molar-refractivity contribution in [3.8, 4) is 6.07 Å². The van der Waals surface area contributed by atoms with Gasteiger partial charge in [-0.25, -0.2) is 4.79 Å². The molecule has 0 aromatic heterocycles. The van der Waals surface area contributed by atoms with Crippen LogP contribution in [0.15, 0.2) is 0 Å². The second-order valence-electron chi connectivity index (χ2n) is 2.36. The third kappa shape index (κ3) is 2.11. The lowest BCUT2D eigenvalue weighted by atomic mass is 10.2. The monoisotopic (exact) mass is 154 g/mol. The summed E-state index contributed by atoms with van der Waals surface area (Å²) in [7, 11) is 0.